The molecule has 0 radical (unpaired) electrons. The Hall–Kier alpha value is -1.29. The summed E-state index contributed by atoms with van der Waals surface area (Å²) in [4.78, 5) is 11.6. The first kappa shape index (κ1) is 14.8. The largest absolute Gasteiger partial charge is 0.543 e. The maximum atomic E-state index is 11.6. The van der Waals surface area contributed by atoms with Crippen LogP contribution in [0.15, 0.2) is 18.2 Å². The number of ketones is 1. The minimum Gasteiger partial charge on any atom is -0.543 e. The second-order valence-corrected chi connectivity index (χ2v) is 10.9. The van der Waals surface area contributed by atoms with E-state index in [1.165, 1.54) is 0 Å². The highest BCUT2D eigenvalue weighted by Gasteiger charge is 2.39. The van der Waals surface area contributed by atoms with Gasteiger partial charge in [-0.15, -0.1) is 0 Å². The maximum absolute atomic E-state index is 11.6. The van der Waals surface area contributed by atoms with Crippen molar-refractivity contribution in [3.63, 3.8) is 0 Å². The van der Waals surface area contributed by atoms with Crippen LogP contribution in [-0.2, 0) is 0 Å². The third-order valence-corrected chi connectivity index (χ3v) is 7.90. The van der Waals surface area contributed by atoms with Gasteiger partial charge in [0.25, 0.3) is 8.32 Å². The van der Waals surface area contributed by atoms with E-state index in [9.17, 15) is 4.79 Å². The van der Waals surface area contributed by atoms with E-state index in [1.807, 2.05) is 0 Å². The number of benzene rings is 1. The van der Waals surface area contributed by atoms with Gasteiger partial charge in [-0.2, -0.15) is 0 Å². The van der Waals surface area contributed by atoms with Gasteiger partial charge in [0.05, 0.1) is 5.56 Å². The highest BCUT2D eigenvalue weighted by Crippen LogP contribution is 2.38. The number of anilines is 1. The molecular weight excluding hydrogens is 242 g/mol. The molecule has 0 aliphatic rings. The Morgan fingerprint density at radius 1 is 1.28 bits per heavy atom. The summed E-state index contributed by atoms with van der Waals surface area (Å²) in [5.74, 6) is 0.623. The number of rotatable bonds is 3. The molecule has 2 N–H and O–H groups in total. The van der Waals surface area contributed by atoms with Crippen molar-refractivity contribution in [3.05, 3.63) is 23.8 Å². The first-order chi connectivity index (χ1) is 8.04. The fraction of sp³-hybridized carbons (Fsp3) is 0.500. The van der Waals surface area contributed by atoms with Gasteiger partial charge in [-0.1, -0.05) is 20.8 Å². The van der Waals surface area contributed by atoms with Crippen molar-refractivity contribution in [1.29, 1.82) is 0 Å². The molecule has 3 nitrogen and oxygen atoms in total. The Morgan fingerprint density at radius 3 is 2.28 bits per heavy atom. The van der Waals surface area contributed by atoms with Crippen molar-refractivity contribution in [3.8, 4) is 5.75 Å². The molecule has 0 spiro atoms. The van der Waals surface area contributed by atoms with Crippen molar-refractivity contribution in [1.82, 2.24) is 0 Å². The Labute approximate surface area is 110 Å². The van der Waals surface area contributed by atoms with E-state index in [1.54, 1.807) is 25.1 Å². The zero-order valence-corrected chi connectivity index (χ0v) is 13.1. The number of nitrogen functional groups attached to an aromatic ring is 1. The van der Waals surface area contributed by atoms with Crippen molar-refractivity contribution in [2.24, 2.45) is 0 Å². The summed E-state index contributed by atoms with van der Waals surface area (Å²) in [7, 11) is -1.95. The maximum Gasteiger partial charge on any atom is 0.250 e. The Bertz CT molecular complexity index is 461. The third kappa shape index (κ3) is 3.13. The van der Waals surface area contributed by atoms with E-state index in [4.69, 9.17) is 10.2 Å². The molecule has 0 atom stereocenters. The lowest BCUT2D eigenvalue weighted by atomic mass is 10.1. The summed E-state index contributed by atoms with van der Waals surface area (Å²) in [5.41, 5.74) is 7.00. The molecule has 100 valence electrons. The van der Waals surface area contributed by atoms with Gasteiger partial charge >= 0.3 is 0 Å². The Balaban J connectivity index is 3.18. The van der Waals surface area contributed by atoms with Crippen LogP contribution in [-0.4, -0.2) is 14.1 Å². The molecule has 1 aromatic carbocycles. The molecule has 0 aliphatic heterocycles. The summed E-state index contributed by atoms with van der Waals surface area (Å²) in [6.07, 6.45) is 0. The second kappa shape index (κ2) is 4.76. The molecule has 0 saturated carbocycles. The van der Waals surface area contributed by atoms with Crippen LogP contribution in [0.2, 0.25) is 18.1 Å². The summed E-state index contributed by atoms with van der Waals surface area (Å²) < 4.78 is 6.18. The van der Waals surface area contributed by atoms with Crippen molar-refractivity contribution in [2.75, 3.05) is 5.73 Å². The van der Waals surface area contributed by atoms with Crippen LogP contribution < -0.4 is 10.2 Å². The monoisotopic (exact) mass is 265 g/mol. The van der Waals surface area contributed by atoms with Gasteiger partial charge in [0.1, 0.15) is 5.75 Å². The lowest BCUT2D eigenvalue weighted by Crippen LogP contribution is -2.44. The van der Waals surface area contributed by atoms with Crippen molar-refractivity contribution < 1.29 is 9.22 Å². The smallest absolute Gasteiger partial charge is 0.250 e. The molecule has 0 unspecified atom stereocenters. The van der Waals surface area contributed by atoms with Crippen LogP contribution in [0.5, 0.6) is 5.75 Å². The van der Waals surface area contributed by atoms with E-state index >= 15 is 0 Å². The van der Waals surface area contributed by atoms with Gasteiger partial charge in [0, 0.05) is 11.8 Å². The van der Waals surface area contributed by atoms with Gasteiger partial charge in [-0.25, -0.2) is 0 Å². The highest BCUT2D eigenvalue weighted by molar-refractivity contribution is 6.74. The fourth-order valence-electron chi connectivity index (χ4n) is 1.34. The van der Waals surface area contributed by atoms with E-state index in [-0.39, 0.29) is 10.8 Å². The standard InChI is InChI=1S/C14H23NO2Si/c1-10(16)12-8-7-11(15)9-13(12)17-18(5,6)14(2,3)4/h7-9H,15H2,1-6H3. The second-order valence-electron chi connectivity index (χ2n) is 6.17. The molecule has 4 heteroatoms. The van der Waals surface area contributed by atoms with E-state index in [2.05, 4.69) is 33.9 Å². The van der Waals surface area contributed by atoms with Crippen LogP contribution in [0.3, 0.4) is 0 Å². The molecule has 0 heterocycles. The number of nitrogens with two attached hydrogens (primary N) is 1. The van der Waals surface area contributed by atoms with E-state index < -0.39 is 8.32 Å². The van der Waals surface area contributed by atoms with E-state index in [0.717, 1.165) is 0 Å². The van der Waals surface area contributed by atoms with Crippen LogP contribution in [0.4, 0.5) is 5.69 Å². The number of Topliss-reactive ketones (excluding diaryl/α,β-unsaturated/α-hetero) is 1. The molecular formula is C14H23NO2Si. The Morgan fingerprint density at radius 2 is 1.83 bits per heavy atom. The van der Waals surface area contributed by atoms with Gasteiger partial charge in [0.15, 0.2) is 5.78 Å². The lowest BCUT2D eigenvalue weighted by Gasteiger charge is -2.37. The van der Waals surface area contributed by atoms with Crippen LogP contribution in [0.1, 0.15) is 38.1 Å². The van der Waals surface area contributed by atoms with Crippen LogP contribution >= 0.6 is 0 Å². The number of carbonyl (C=O) groups is 1. The molecule has 0 saturated heterocycles. The number of hydrogen-bond donors (Lipinski definition) is 1. The summed E-state index contributed by atoms with van der Waals surface area (Å²) in [6, 6.07) is 5.21. The number of hydrogen-bond acceptors (Lipinski definition) is 3. The zero-order valence-electron chi connectivity index (χ0n) is 12.1. The predicted molar refractivity (Wildman–Crippen MR) is 78.7 cm³/mol. The Kier molecular flexibility index (Phi) is 3.91. The van der Waals surface area contributed by atoms with Crippen LogP contribution in [0, 0.1) is 0 Å². The highest BCUT2D eigenvalue weighted by atomic mass is 28.4. The van der Waals surface area contributed by atoms with Crippen molar-refractivity contribution >= 4 is 19.8 Å². The molecule has 0 fully saturated rings. The summed E-state index contributed by atoms with van der Waals surface area (Å²) in [6.45, 7) is 12.3. The summed E-state index contributed by atoms with van der Waals surface area (Å²) in [5, 5.41) is 0.0890. The molecule has 0 bridgehead atoms. The molecule has 0 aromatic heterocycles. The normalized spacial score (nSPS) is 12.3. The van der Waals surface area contributed by atoms with Gasteiger partial charge in [0.2, 0.25) is 0 Å². The SMILES string of the molecule is CC(=O)c1ccc(N)cc1O[Si](C)(C)C(C)(C)C. The average Bonchev–Trinajstić information content (AvgIpc) is 2.14. The fourth-order valence-corrected chi connectivity index (χ4v) is 2.37. The lowest BCUT2D eigenvalue weighted by molar-refractivity contribution is 0.101. The average molecular weight is 265 g/mol. The number of carbonyl (C=O) groups excluding carboxylic acids is 1. The molecule has 0 aliphatic carbocycles. The zero-order chi connectivity index (χ0) is 14.1. The molecule has 1 aromatic rings. The molecule has 0 amide bonds. The summed E-state index contributed by atoms with van der Waals surface area (Å²) >= 11 is 0. The quantitative estimate of drug-likeness (QED) is 0.513. The van der Waals surface area contributed by atoms with Crippen LogP contribution in [0.25, 0.3) is 0 Å². The van der Waals surface area contributed by atoms with Gasteiger partial charge < -0.3 is 10.2 Å². The predicted octanol–water partition coefficient (Wildman–Crippen LogP) is 3.86. The molecule has 18 heavy (non-hydrogen) atoms. The minimum atomic E-state index is -1.95. The van der Waals surface area contributed by atoms with E-state index in [0.29, 0.717) is 17.0 Å². The van der Waals surface area contributed by atoms with Crippen molar-refractivity contribution in [2.45, 2.75) is 45.8 Å². The first-order valence-corrected chi connectivity index (χ1v) is 9.05. The third-order valence-electron chi connectivity index (χ3n) is 3.56. The van der Waals surface area contributed by atoms with Gasteiger partial charge in [-0.3, -0.25) is 4.79 Å². The molecule has 1 rings (SSSR count). The first-order valence-electron chi connectivity index (χ1n) is 6.14. The topological polar surface area (TPSA) is 52.3 Å². The van der Waals surface area contributed by atoms with Gasteiger partial charge in [-0.05, 0) is 37.2 Å². The minimum absolute atomic E-state index is 0.00343.